The molecule has 0 radical (unpaired) electrons. The van der Waals surface area contributed by atoms with Crippen molar-refractivity contribution in [1.82, 2.24) is 15.5 Å². The Kier molecular flexibility index (Phi) is 4.06. The number of aryl methyl sites for hydroxylation is 1. The molecule has 0 aliphatic rings. The fourth-order valence-corrected chi connectivity index (χ4v) is 1.90. The highest BCUT2D eigenvalue weighted by molar-refractivity contribution is 5.42. The first-order valence-corrected chi connectivity index (χ1v) is 6.21. The zero-order chi connectivity index (χ0) is 13.8. The van der Waals surface area contributed by atoms with Crippen LogP contribution in [0.1, 0.15) is 29.8 Å². The van der Waals surface area contributed by atoms with Crippen molar-refractivity contribution in [2.24, 2.45) is 0 Å². The number of rotatable bonds is 5. The number of nitrogens with zero attached hydrogens (tertiary/aromatic N) is 1. The molecule has 1 aromatic carbocycles. The van der Waals surface area contributed by atoms with Crippen LogP contribution in [-0.4, -0.2) is 22.4 Å². The maximum Gasteiger partial charge on any atom is 0.160 e. The summed E-state index contributed by atoms with van der Waals surface area (Å²) >= 11 is 0. The van der Waals surface area contributed by atoms with Gasteiger partial charge in [0.25, 0.3) is 0 Å². The van der Waals surface area contributed by atoms with Gasteiger partial charge in [-0.2, -0.15) is 5.10 Å². The molecular weight excluding hydrogens is 242 g/mol. The molecule has 0 bridgehead atoms. The second kappa shape index (κ2) is 5.75. The molecule has 19 heavy (non-hydrogen) atoms. The fourth-order valence-electron chi connectivity index (χ4n) is 1.90. The maximum atomic E-state index is 9.58. The predicted molar refractivity (Wildman–Crippen MR) is 73.2 cm³/mol. The number of phenolic OH excluding ortho intramolecular Hbond substituents is 1. The lowest BCUT2D eigenvalue weighted by molar-refractivity contribution is 0.372. The number of nitrogens with one attached hydrogen (secondary N) is 2. The third-order valence-corrected chi connectivity index (χ3v) is 3.24. The van der Waals surface area contributed by atoms with Gasteiger partial charge >= 0.3 is 0 Å². The van der Waals surface area contributed by atoms with E-state index in [1.165, 1.54) is 0 Å². The maximum absolute atomic E-state index is 9.58. The van der Waals surface area contributed by atoms with Crippen molar-refractivity contribution < 1.29 is 9.84 Å². The van der Waals surface area contributed by atoms with Crippen LogP contribution in [0.5, 0.6) is 11.5 Å². The fraction of sp³-hybridized carbons (Fsp3) is 0.357. The van der Waals surface area contributed by atoms with Crippen LogP contribution < -0.4 is 10.1 Å². The summed E-state index contributed by atoms with van der Waals surface area (Å²) in [5.41, 5.74) is 3.29. The zero-order valence-corrected chi connectivity index (χ0v) is 11.4. The van der Waals surface area contributed by atoms with Gasteiger partial charge in [-0.1, -0.05) is 6.07 Å². The Morgan fingerprint density at radius 3 is 2.89 bits per heavy atom. The number of H-pyrrole nitrogens is 1. The van der Waals surface area contributed by atoms with Crippen LogP contribution in [0.25, 0.3) is 0 Å². The van der Waals surface area contributed by atoms with Crippen LogP contribution in [0, 0.1) is 6.92 Å². The largest absolute Gasteiger partial charge is 0.504 e. The van der Waals surface area contributed by atoms with Crippen LogP contribution in [0.15, 0.2) is 24.4 Å². The minimum atomic E-state index is 0.156. The van der Waals surface area contributed by atoms with Crippen molar-refractivity contribution >= 4 is 0 Å². The van der Waals surface area contributed by atoms with Gasteiger partial charge in [0.15, 0.2) is 11.5 Å². The Morgan fingerprint density at radius 1 is 1.47 bits per heavy atom. The summed E-state index contributed by atoms with van der Waals surface area (Å²) in [5, 5.41) is 19.9. The highest BCUT2D eigenvalue weighted by atomic mass is 16.5. The van der Waals surface area contributed by atoms with E-state index in [9.17, 15) is 5.11 Å². The summed E-state index contributed by atoms with van der Waals surface area (Å²) in [5.74, 6) is 0.648. The van der Waals surface area contributed by atoms with E-state index in [0.717, 1.165) is 23.4 Å². The highest BCUT2D eigenvalue weighted by Gasteiger charge is 2.09. The van der Waals surface area contributed by atoms with E-state index in [1.54, 1.807) is 13.2 Å². The lowest BCUT2D eigenvalue weighted by Crippen LogP contribution is -2.18. The van der Waals surface area contributed by atoms with Crippen molar-refractivity contribution in [3.8, 4) is 11.5 Å². The van der Waals surface area contributed by atoms with Gasteiger partial charge in [0, 0.05) is 23.8 Å². The Balaban J connectivity index is 2.03. The first kappa shape index (κ1) is 13.4. The number of aromatic hydroxyl groups is 1. The molecular formula is C14H19N3O2. The van der Waals surface area contributed by atoms with Crippen LogP contribution >= 0.6 is 0 Å². The normalized spacial score (nSPS) is 12.4. The smallest absolute Gasteiger partial charge is 0.160 e. The van der Waals surface area contributed by atoms with E-state index in [1.807, 2.05) is 25.3 Å². The zero-order valence-electron chi connectivity index (χ0n) is 11.4. The second-order valence-electron chi connectivity index (χ2n) is 4.55. The number of benzene rings is 1. The van der Waals surface area contributed by atoms with Crippen molar-refractivity contribution in [2.75, 3.05) is 7.11 Å². The number of phenols is 1. The molecule has 5 heteroatoms. The van der Waals surface area contributed by atoms with E-state index >= 15 is 0 Å². The molecule has 0 saturated heterocycles. The molecule has 0 aliphatic carbocycles. The number of hydrogen-bond donors (Lipinski definition) is 3. The van der Waals surface area contributed by atoms with Crippen LogP contribution in [0.4, 0.5) is 0 Å². The lowest BCUT2D eigenvalue weighted by Gasteiger charge is -2.15. The van der Waals surface area contributed by atoms with Crippen LogP contribution in [0.3, 0.4) is 0 Å². The Labute approximate surface area is 112 Å². The minimum absolute atomic E-state index is 0.156. The molecule has 1 unspecified atom stereocenters. The van der Waals surface area contributed by atoms with Crippen molar-refractivity contribution in [1.29, 1.82) is 0 Å². The molecule has 1 aromatic heterocycles. The SMILES string of the molecule is COc1cc(C(C)NCc2cn[nH]c2C)ccc1O. The van der Waals surface area contributed by atoms with Crippen molar-refractivity contribution in [3.05, 3.63) is 41.2 Å². The summed E-state index contributed by atoms with van der Waals surface area (Å²) in [6.45, 7) is 4.81. The molecule has 1 atom stereocenters. The third-order valence-electron chi connectivity index (χ3n) is 3.24. The van der Waals surface area contributed by atoms with E-state index in [4.69, 9.17) is 4.74 Å². The van der Waals surface area contributed by atoms with Crippen LogP contribution in [-0.2, 0) is 6.54 Å². The summed E-state index contributed by atoms with van der Waals surface area (Å²) in [6.07, 6.45) is 1.83. The van der Waals surface area contributed by atoms with Crippen LogP contribution in [0.2, 0.25) is 0 Å². The average molecular weight is 261 g/mol. The molecule has 1 heterocycles. The Hall–Kier alpha value is -2.01. The minimum Gasteiger partial charge on any atom is -0.504 e. The molecule has 102 valence electrons. The molecule has 3 N–H and O–H groups in total. The summed E-state index contributed by atoms with van der Waals surface area (Å²) < 4.78 is 5.11. The Bertz CT molecular complexity index is 551. The van der Waals surface area contributed by atoms with Gasteiger partial charge in [0.2, 0.25) is 0 Å². The second-order valence-corrected chi connectivity index (χ2v) is 4.55. The number of hydrogen-bond acceptors (Lipinski definition) is 4. The van der Waals surface area contributed by atoms with Gasteiger partial charge in [-0.05, 0) is 31.5 Å². The van der Waals surface area contributed by atoms with Crippen molar-refractivity contribution in [3.63, 3.8) is 0 Å². The van der Waals surface area contributed by atoms with Gasteiger partial charge < -0.3 is 15.2 Å². The molecule has 0 saturated carbocycles. The number of ether oxygens (including phenoxy) is 1. The van der Waals surface area contributed by atoms with E-state index in [-0.39, 0.29) is 11.8 Å². The Morgan fingerprint density at radius 2 is 2.26 bits per heavy atom. The predicted octanol–water partition coefficient (Wildman–Crippen LogP) is 2.28. The first-order valence-electron chi connectivity index (χ1n) is 6.21. The average Bonchev–Trinajstić information content (AvgIpc) is 2.82. The topological polar surface area (TPSA) is 70.2 Å². The van der Waals surface area contributed by atoms with Gasteiger partial charge in [-0.15, -0.1) is 0 Å². The number of methoxy groups -OCH3 is 1. The quantitative estimate of drug-likeness (QED) is 0.772. The molecule has 2 aromatic rings. The molecule has 0 spiro atoms. The summed E-state index contributed by atoms with van der Waals surface area (Å²) in [4.78, 5) is 0. The van der Waals surface area contributed by atoms with E-state index in [2.05, 4.69) is 22.4 Å². The lowest BCUT2D eigenvalue weighted by atomic mass is 10.1. The van der Waals surface area contributed by atoms with Gasteiger partial charge in [0.1, 0.15) is 0 Å². The number of aromatic nitrogens is 2. The van der Waals surface area contributed by atoms with Crippen molar-refractivity contribution in [2.45, 2.75) is 26.4 Å². The highest BCUT2D eigenvalue weighted by Crippen LogP contribution is 2.28. The third kappa shape index (κ3) is 3.06. The van der Waals surface area contributed by atoms with E-state index in [0.29, 0.717) is 5.75 Å². The molecule has 0 fully saturated rings. The molecule has 5 nitrogen and oxygen atoms in total. The van der Waals surface area contributed by atoms with Gasteiger partial charge in [-0.3, -0.25) is 5.10 Å². The molecule has 0 amide bonds. The monoisotopic (exact) mass is 261 g/mol. The van der Waals surface area contributed by atoms with Gasteiger partial charge in [-0.25, -0.2) is 0 Å². The molecule has 0 aliphatic heterocycles. The van der Waals surface area contributed by atoms with E-state index < -0.39 is 0 Å². The summed E-state index contributed by atoms with van der Waals surface area (Å²) in [6, 6.07) is 5.53. The number of aromatic amines is 1. The summed E-state index contributed by atoms with van der Waals surface area (Å²) in [7, 11) is 1.55. The standard InChI is InChI=1S/C14H19N3O2/c1-9(15-7-12-8-16-17-10(12)2)11-4-5-13(18)14(6-11)19-3/h4-6,8-9,15,18H,7H2,1-3H3,(H,16,17). The first-order chi connectivity index (χ1) is 9.11. The molecule has 2 rings (SSSR count). The van der Waals surface area contributed by atoms with Gasteiger partial charge in [0.05, 0.1) is 13.3 Å².